The molecule has 0 fully saturated rings. The van der Waals surface area contributed by atoms with Crippen LogP contribution in [-0.4, -0.2) is 7.05 Å². The fraction of sp³-hybridized carbons (Fsp3) is 0.455. The van der Waals surface area contributed by atoms with Crippen LogP contribution < -0.4 is 5.32 Å². The molecule has 0 heterocycles. The Morgan fingerprint density at radius 1 is 1.46 bits per heavy atom. The van der Waals surface area contributed by atoms with Crippen LogP contribution in [0.5, 0.6) is 0 Å². The van der Waals surface area contributed by atoms with Crippen molar-refractivity contribution in [3.63, 3.8) is 0 Å². The van der Waals surface area contributed by atoms with Gasteiger partial charge in [0.2, 0.25) is 0 Å². The van der Waals surface area contributed by atoms with Gasteiger partial charge in [-0.25, -0.2) is 0 Å². The molecule has 1 N–H and O–H groups in total. The highest BCUT2D eigenvalue weighted by Gasteiger charge is 2.08. The van der Waals surface area contributed by atoms with E-state index >= 15 is 0 Å². The Hall–Kier alpha value is -0.340. The van der Waals surface area contributed by atoms with E-state index in [1.54, 1.807) is 0 Å². The Bertz CT molecular complexity index is 279. The molecule has 0 radical (unpaired) electrons. The van der Waals surface area contributed by atoms with E-state index in [9.17, 15) is 0 Å². The normalized spacial score (nSPS) is 12.9. The van der Waals surface area contributed by atoms with E-state index in [1.165, 1.54) is 11.1 Å². The van der Waals surface area contributed by atoms with Gasteiger partial charge in [0, 0.05) is 10.5 Å². The largest absolute Gasteiger partial charge is 0.313 e. The highest BCUT2D eigenvalue weighted by molar-refractivity contribution is 9.10. The van der Waals surface area contributed by atoms with Crippen molar-refractivity contribution >= 4 is 15.9 Å². The molecule has 0 saturated carbocycles. The Kier molecular flexibility index (Phi) is 3.94. The van der Waals surface area contributed by atoms with Gasteiger partial charge in [0.15, 0.2) is 0 Å². The van der Waals surface area contributed by atoms with Crippen molar-refractivity contribution in [3.8, 4) is 0 Å². The summed E-state index contributed by atoms with van der Waals surface area (Å²) >= 11 is 3.47. The van der Waals surface area contributed by atoms with Gasteiger partial charge in [-0.2, -0.15) is 0 Å². The van der Waals surface area contributed by atoms with Gasteiger partial charge in [-0.3, -0.25) is 0 Å². The summed E-state index contributed by atoms with van der Waals surface area (Å²) < 4.78 is 1.15. The van der Waals surface area contributed by atoms with Crippen molar-refractivity contribution in [2.45, 2.75) is 26.3 Å². The summed E-state index contributed by atoms with van der Waals surface area (Å²) in [7, 11) is 2.01. The molecule has 0 aliphatic heterocycles. The predicted molar refractivity (Wildman–Crippen MR) is 61.0 cm³/mol. The van der Waals surface area contributed by atoms with Crippen molar-refractivity contribution < 1.29 is 0 Å². The first-order valence-electron chi connectivity index (χ1n) is 4.62. The van der Waals surface area contributed by atoms with Crippen molar-refractivity contribution in [1.82, 2.24) is 5.32 Å². The molecule has 0 amide bonds. The van der Waals surface area contributed by atoms with Gasteiger partial charge in [-0.1, -0.05) is 28.9 Å². The Morgan fingerprint density at radius 2 is 2.15 bits per heavy atom. The molecule has 1 rings (SSSR count). The second-order valence-electron chi connectivity index (χ2n) is 3.25. The quantitative estimate of drug-likeness (QED) is 0.856. The van der Waals surface area contributed by atoms with Crippen LogP contribution in [0.4, 0.5) is 0 Å². The van der Waals surface area contributed by atoms with Crippen LogP contribution in [0, 0.1) is 6.92 Å². The monoisotopic (exact) mass is 241 g/mol. The van der Waals surface area contributed by atoms with E-state index in [2.05, 4.69) is 53.3 Å². The van der Waals surface area contributed by atoms with Gasteiger partial charge < -0.3 is 5.32 Å². The molecular weight excluding hydrogens is 226 g/mol. The van der Waals surface area contributed by atoms with E-state index in [4.69, 9.17) is 0 Å². The van der Waals surface area contributed by atoms with Crippen LogP contribution >= 0.6 is 15.9 Å². The second-order valence-corrected chi connectivity index (χ2v) is 4.17. The molecule has 72 valence electrons. The van der Waals surface area contributed by atoms with Crippen LogP contribution in [0.1, 0.15) is 30.5 Å². The van der Waals surface area contributed by atoms with E-state index in [1.807, 2.05) is 7.05 Å². The fourth-order valence-corrected chi connectivity index (χ4v) is 2.09. The molecule has 1 nitrogen and oxygen atoms in total. The smallest absolute Gasteiger partial charge is 0.0317 e. The molecule has 1 aromatic carbocycles. The molecule has 0 aliphatic carbocycles. The van der Waals surface area contributed by atoms with E-state index < -0.39 is 0 Å². The molecule has 0 unspecified atom stereocenters. The topological polar surface area (TPSA) is 12.0 Å². The van der Waals surface area contributed by atoms with Gasteiger partial charge in [0.1, 0.15) is 0 Å². The zero-order valence-corrected chi connectivity index (χ0v) is 9.98. The van der Waals surface area contributed by atoms with Crippen LogP contribution in [0.2, 0.25) is 0 Å². The summed E-state index contributed by atoms with van der Waals surface area (Å²) in [6, 6.07) is 6.93. The van der Waals surface area contributed by atoms with Crippen LogP contribution in [0.25, 0.3) is 0 Å². The minimum absolute atomic E-state index is 0.480. The van der Waals surface area contributed by atoms with Crippen molar-refractivity contribution in [2.24, 2.45) is 0 Å². The summed E-state index contributed by atoms with van der Waals surface area (Å²) in [6.07, 6.45) is 1.12. The average molecular weight is 242 g/mol. The van der Waals surface area contributed by atoms with Crippen LogP contribution in [-0.2, 0) is 0 Å². The summed E-state index contributed by atoms with van der Waals surface area (Å²) in [5.41, 5.74) is 2.74. The molecule has 0 aromatic heterocycles. The molecule has 13 heavy (non-hydrogen) atoms. The second kappa shape index (κ2) is 4.77. The number of rotatable bonds is 3. The first-order chi connectivity index (χ1) is 6.19. The molecule has 0 aliphatic rings. The van der Waals surface area contributed by atoms with E-state index in [0.29, 0.717) is 6.04 Å². The SMILES string of the molecule is CC[C@@H](NC)c1ccc(Br)cc1C. The minimum Gasteiger partial charge on any atom is -0.313 e. The van der Waals surface area contributed by atoms with Crippen molar-refractivity contribution in [2.75, 3.05) is 7.05 Å². The maximum Gasteiger partial charge on any atom is 0.0317 e. The van der Waals surface area contributed by atoms with E-state index in [0.717, 1.165) is 10.9 Å². The van der Waals surface area contributed by atoms with Crippen molar-refractivity contribution in [3.05, 3.63) is 33.8 Å². The molecule has 1 atom stereocenters. The standard InChI is InChI=1S/C11H16BrN/c1-4-11(13-3)10-6-5-9(12)7-8(10)2/h5-7,11,13H,4H2,1-3H3/t11-/m1/s1. The van der Waals surface area contributed by atoms with Gasteiger partial charge in [0.05, 0.1) is 0 Å². The number of benzene rings is 1. The maximum atomic E-state index is 3.47. The lowest BCUT2D eigenvalue weighted by Crippen LogP contribution is -2.16. The number of hydrogen-bond acceptors (Lipinski definition) is 1. The summed E-state index contributed by atoms with van der Waals surface area (Å²) in [5, 5.41) is 3.31. The third-order valence-electron chi connectivity index (χ3n) is 2.36. The number of halogens is 1. The Morgan fingerprint density at radius 3 is 2.62 bits per heavy atom. The first kappa shape index (κ1) is 10.7. The zero-order chi connectivity index (χ0) is 9.84. The van der Waals surface area contributed by atoms with Gasteiger partial charge in [-0.15, -0.1) is 0 Å². The maximum absolute atomic E-state index is 3.47. The van der Waals surface area contributed by atoms with Gasteiger partial charge >= 0.3 is 0 Å². The highest BCUT2D eigenvalue weighted by atomic mass is 79.9. The van der Waals surface area contributed by atoms with E-state index in [-0.39, 0.29) is 0 Å². The van der Waals surface area contributed by atoms with Crippen LogP contribution in [0.3, 0.4) is 0 Å². The molecule has 0 saturated heterocycles. The predicted octanol–water partition coefficient (Wildman–Crippen LogP) is 3.43. The number of nitrogens with one attached hydrogen (secondary N) is 1. The zero-order valence-electron chi connectivity index (χ0n) is 8.39. The van der Waals surface area contributed by atoms with Gasteiger partial charge in [-0.05, 0) is 43.7 Å². The fourth-order valence-electron chi connectivity index (χ4n) is 1.61. The van der Waals surface area contributed by atoms with Crippen LogP contribution in [0.15, 0.2) is 22.7 Å². The first-order valence-corrected chi connectivity index (χ1v) is 5.41. The minimum atomic E-state index is 0.480. The number of aryl methyl sites for hydroxylation is 1. The molecule has 2 heteroatoms. The highest BCUT2D eigenvalue weighted by Crippen LogP contribution is 2.23. The average Bonchev–Trinajstić information content (AvgIpc) is 2.10. The van der Waals surface area contributed by atoms with Crippen molar-refractivity contribution in [1.29, 1.82) is 0 Å². The summed E-state index contributed by atoms with van der Waals surface area (Å²) in [6.45, 7) is 4.35. The lowest BCUT2D eigenvalue weighted by molar-refractivity contribution is 0.574. The summed E-state index contributed by atoms with van der Waals surface area (Å²) in [4.78, 5) is 0. The molecule has 0 bridgehead atoms. The lowest BCUT2D eigenvalue weighted by atomic mass is 10.00. The lowest BCUT2D eigenvalue weighted by Gasteiger charge is -2.16. The molecule has 0 spiro atoms. The molecule has 1 aromatic rings. The third-order valence-corrected chi connectivity index (χ3v) is 2.86. The molecular formula is C11H16BrN. The Labute approximate surface area is 88.7 Å². The van der Waals surface area contributed by atoms with Gasteiger partial charge in [0.25, 0.3) is 0 Å². The summed E-state index contributed by atoms with van der Waals surface area (Å²) in [5.74, 6) is 0. The third kappa shape index (κ3) is 2.55. The Balaban J connectivity index is 2.99. The number of hydrogen-bond donors (Lipinski definition) is 1.